The Morgan fingerprint density at radius 2 is 1.83 bits per heavy atom. The third kappa shape index (κ3) is 4.65. The van der Waals surface area contributed by atoms with E-state index in [-0.39, 0.29) is 24.0 Å². The summed E-state index contributed by atoms with van der Waals surface area (Å²) in [5.74, 6) is -0.0991. The zero-order chi connectivity index (χ0) is 21.0. The Bertz CT molecular complexity index is 1110. The largest absolute Gasteiger partial charge is 0.334 e. The van der Waals surface area contributed by atoms with Gasteiger partial charge in [-0.05, 0) is 41.8 Å². The van der Waals surface area contributed by atoms with Crippen LogP contribution in [0.2, 0.25) is 0 Å². The quantitative estimate of drug-likeness (QED) is 0.712. The molecule has 0 saturated carbocycles. The number of amidine groups is 1. The summed E-state index contributed by atoms with van der Waals surface area (Å²) < 4.78 is 28.0. The molecule has 0 N–H and O–H groups in total. The second-order valence-corrected chi connectivity index (χ2v) is 8.89. The number of hydrogen-bond acceptors (Lipinski definition) is 5. The molecule has 1 amide bonds. The number of aromatic nitrogens is 1. The van der Waals surface area contributed by atoms with Crippen molar-refractivity contribution in [2.24, 2.45) is 4.40 Å². The van der Waals surface area contributed by atoms with Crippen LogP contribution in [-0.2, 0) is 27.8 Å². The first-order valence-electron chi connectivity index (χ1n) is 9.72. The van der Waals surface area contributed by atoms with E-state index < -0.39 is 10.0 Å². The van der Waals surface area contributed by atoms with Gasteiger partial charge in [-0.15, -0.1) is 4.40 Å². The minimum absolute atomic E-state index is 0.0585. The molecule has 2 aromatic rings. The van der Waals surface area contributed by atoms with Crippen LogP contribution >= 0.6 is 0 Å². The lowest BCUT2D eigenvalue weighted by Crippen LogP contribution is -2.43. The maximum absolute atomic E-state index is 13.5. The van der Waals surface area contributed by atoms with Crippen LogP contribution in [-0.4, -0.2) is 53.8 Å². The summed E-state index contributed by atoms with van der Waals surface area (Å²) in [6.07, 6.45) is 9.22. The molecule has 1 aromatic heterocycles. The second-order valence-electron chi connectivity index (χ2n) is 7.13. The van der Waals surface area contributed by atoms with E-state index in [9.17, 15) is 13.2 Å². The predicted octanol–water partition coefficient (Wildman–Crippen LogP) is 2.15. The van der Waals surface area contributed by atoms with E-state index in [0.29, 0.717) is 25.1 Å². The van der Waals surface area contributed by atoms with Gasteiger partial charge >= 0.3 is 0 Å². The highest BCUT2D eigenvalue weighted by Gasteiger charge is 2.32. The van der Waals surface area contributed by atoms with Gasteiger partial charge in [-0.25, -0.2) is 8.42 Å². The minimum atomic E-state index is -3.57. The normalized spacial score (nSPS) is 17.0. The van der Waals surface area contributed by atoms with E-state index in [1.165, 1.54) is 0 Å². The predicted molar refractivity (Wildman–Crippen MR) is 115 cm³/mol. The van der Waals surface area contributed by atoms with Gasteiger partial charge < -0.3 is 9.80 Å². The topological polar surface area (TPSA) is 82.9 Å². The third-order valence-electron chi connectivity index (χ3n) is 5.01. The maximum Gasteiger partial charge on any atom is 0.257 e. The number of benzene rings is 1. The van der Waals surface area contributed by atoms with Crippen LogP contribution < -0.4 is 0 Å². The van der Waals surface area contributed by atoms with Crippen molar-refractivity contribution in [3.05, 3.63) is 89.9 Å². The molecular formula is C22H22N4O3S. The van der Waals surface area contributed by atoms with Crippen LogP contribution in [0.25, 0.3) is 0 Å². The number of sulfonamides is 1. The van der Waals surface area contributed by atoms with Crippen molar-refractivity contribution in [1.82, 2.24) is 14.8 Å². The van der Waals surface area contributed by atoms with Crippen molar-refractivity contribution >= 4 is 21.8 Å². The van der Waals surface area contributed by atoms with Crippen molar-refractivity contribution in [3.63, 3.8) is 0 Å². The molecule has 7 nitrogen and oxygen atoms in total. The van der Waals surface area contributed by atoms with Crippen LogP contribution in [0.1, 0.15) is 11.1 Å². The summed E-state index contributed by atoms with van der Waals surface area (Å²) >= 11 is 0. The summed E-state index contributed by atoms with van der Waals surface area (Å²) in [4.78, 5) is 21.0. The molecule has 0 bridgehead atoms. The number of hydrogen-bond donors (Lipinski definition) is 0. The number of carbonyl (C=O) groups is 1. The molecule has 0 saturated heterocycles. The molecule has 1 aromatic carbocycles. The smallest absolute Gasteiger partial charge is 0.257 e. The van der Waals surface area contributed by atoms with Crippen LogP contribution in [0, 0.1) is 0 Å². The average Bonchev–Trinajstić information content (AvgIpc) is 2.76. The van der Waals surface area contributed by atoms with Crippen LogP contribution in [0.15, 0.2) is 83.2 Å². The molecule has 0 unspecified atom stereocenters. The van der Waals surface area contributed by atoms with Crippen molar-refractivity contribution in [2.45, 2.75) is 13.0 Å². The van der Waals surface area contributed by atoms with E-state index >= 15 is 0 Å². The van der Waals surface area contributed by atoms with Gasteiger partial charge in [0.05, 0.1) is 11.3 Å². The van der Waals surface area contributed by atoms with Gasteiger partial charge in [0.25, 0.3) is 15.9 Å². The average molecular weight is 423 g/mol. The molecule has 0 aliphatic carbocycles. The van der Waals surface area contributed by atoms with Gasteiger partial charge in [0, 0.05) is 38.2 Å². The molecule has 2 aliphatic heterocycles. The van der Waals surface area contributed by atoms with Gasteiger partial charge in [0.1, 0.15) is 0 Å². The van der Waals surface area contributed by atoms with E-state index in [1.54, 1.807) is 40.5 Å². The van der Waals surface area contributed by atoms with Gasteiger partial charge in [0.15, 0.2) is 5.84 Å². The minimum Gasteiger partial charge on any atom is -0.334 e. The monoisotopic (exact) mass is 422 g/mol. The Hall–Kier alpha value is -3.26. The van der Waals surface area contributed by atoms with Crippen molar-refractivity contribution in [3.8, 4) is 0 Å². The Morgan fingerprint density at radius 3 is 2.60 bits per heavy atom. The van der Waals surface area contributed by atoms with Crippen LogP contribution in [0.4, 0.5) is 0 Å². The molecular weight excluding hydrogens is 400 g/mol. The molecule has 0 fully saturated rings. The number of carbonyl (C=O) groups excluding carboxylic acids is 1. The summed E-state index contributed by atoms with van der Waals surface area (Å²) in [5.41, 5.74) is 2.37. The van der Waals surface area contributed by atoms with Crippen LogP contribution in [0.5, 0.6) is 0 Å². The van der Waals surface area contributed by atoms with Gasteiger partial charge in [-0.2, -0.15) is 0 Å². The number of amides is 1. The second kappa shape index (κ2) is 8.62. The number of allylic oxidation sites excluding steroid dienone is 2. The first kappa shape index (κ1) is 20.0. The number of pyridine rings is 1. The summed E-state index contributed by atoms with van der Waals surface area (Å²) in [7, 11) is -3.57. The third-order valence-corrected chi connectivity index (χ3v) is 6.16. The van der Waals surface area contributed by atoms with Gasteiger partial charge in [-0.3, -0.25) is 9.78 Å². The van der Waals surface area contributed by atoms with Crippen molar-refractivity contribution in [2.75, 3.05) is 18.8 Å². The molecule has 2 aliphatic rings. The summed E-state index contributed by atoms with van der Waals surface area (Å²) in [5, 5.41) is 0. The molecule has 0 spiro atoms. The SMILES string of the molecule is O=C(C1=CC=CN2CCS(=O)(=O)N=C12)N(CCc1ccccc1)Cc1ccncc1. The zero-order valence-corrected chi connectivity index (χ0v) is 17.2. The lowest BCUT2D eigenvalue weighted by molar-refractivity contribution is -0.127. The lowest BCUT2D eigenvalue weighted by atomic mass is 10.1. The molecule has 0 atom stereocenters. The van der Waals surface area contributed by atoms with Gasteiger partial charge in [0.2, 0.25) is 0 Å². The fraction of sp³-hybridized carbons (Fsp3) is 0.227. The Morgan fingerprint density at radius 1 is 1.07 bits per heavy atom. The van der Waals surface area contributed by atoms with Crippen molar-refractivity contribution < 1.29 is 13.2 Å². The fourth-order valence-corrected chi connectivity index (χ4v) is 4.41. The van der Waals surface area contributed by atoms with E-state index in [2.05, 4.69) is 9.38 Å². The first-order chi connectivity index (χ1) is 14.5. The summed E-state index contributed by atoms with van der Waals surface area (Å²) in [6, 6.07) is 13.7. The maximum atomic E-state index is 13.5. The molecule has 3 heterocycles. The summed E-state index contributed by atoms with van der Waals surface area (Å²) in [6.45, 7) is 1.18. The van der Waals surface area contributed by atoms with E-state index in [0.717, 1.165) is 11.1 Å². The first-order valence-corrected chi connectivity index (χ1v) is 11.3. The van der Waals surface area contributed by atoms with Gasteiger partial charge in [-0.1, -0.05) is 30.3 Å². The molecule has 8 heteroatoms. The Balaban J connectivity index is 1.61. The van der Waals surface area contributed by atoms with E-state index in [1.807, 2.05) is 42.5 Å². The molecule has 154 valence electrons. The molecule has 0 radical (unpaired) electrons. The van der Waals surface area contributed by atoms with Crippen LogP contribution in [0.3, 0.4) is 0 Å². The molecule has 4 rings (SSSR count). The Kier molecular flexibility index (Phi) is 5.76. The highest BCUT2D eigenvalue weighted by Crippen LogP contribution is 2.20. The lowest BCUT2D eigenvalue weighted by Gasteiger charge is -2.31. The Labute approximate surface area is 176 Å². The molecule has 30 heavy (non-hydrogen) atoms. The fourth-order valence-electron chi connectivity index (χ4n) is 3.42. The van der Waals surface area contributed by atoms with Crippen molar-refractivity contribution in [1.29, 1.82) is 0 Å². The highest BCUT2D eigenvalue weighted by molar-refractivity contribution is 7.90. The highest BCUT2D eigenvalue weighted by atomic mass is 32.2. The number of fused-ring (bicyclic) bond motifs is 1. The van der Waals surface area contributed by atoms with E-state index in [4.69, 9.17) is 0 Å². The zero-order valence-electron chi connectivity index (χ0n) is 16.4. The standard InChI is InChI=1S/C22H22N4O3S/c27-22(20-7-4-13-25-15-16-30(28,29)24-21(20)25)26(17-19-8-11-23-12-9-19)14-10-18-5-2-1-3-6-18/h1-9,11-13H,10,14-17H2. The number of nitrogens with zero attached hydrogens (tertiary/aromatic N) is 4. The number of rotatable bonds is 6.